The molecule has 1 rings (SSSR count). The lowest BCUT2D eigenvalue weighted by Crippen LogP contribution is -2.19. The minimum atomic E-state index is -0.138. The van der Waals surface area contributed by atoms with E-state index in [1.807, 2.05) is 6.92 Å². The normalized spacial score (nSPS) is 14.7. The van der Waals surface area contributed by atoms with Gasteiger partial charge in [0, 0.05) is 11.8 Å². The van der Waals surface area contributed by atoms with E-state index in [2.05, 4.69) is 11.9 Å². The van der Waals surface area contributed by atoms with Crippen LogP contribution in [0, 0.1) is 5.92 Å². The van der Waals surface area contributed by atoms with Gasteiger partial charge in [0.1, 0.15) is 0 Å². The smallest absolute Gasteiger partial charge is 0.166 e. The summed E-state index contributed by atoms with van der Waals surface area (Å²) in [4.78, 5) is 4.33. The van der Waals surface area contributed by atoms with Crippen molar-refractivity contribution in [2.75, 3.05) is 13.7 Å². The van der Waals surface area contributed by atoms with E-state index in [9.17, 15) is 10.2 Å². The average Bonchev–Trinajstić information content (AvgIpc) is 2.40. The molecule has 2 N–H and O–H groups in total. The largest absolute Gasteiger partial charge is 0.504 e. The summed E-state index contributed by atoms with van der Waals surface area (Å²) in [6.07, 6.45) is 2.54. The van der Waals surface area contributed by atoms with Gasteiger partial charge < -0.3 is 14.9 Å². The van der Waals surface area contributed by atoms with Crippen LogP contribution in [-0.2, 0) is 0 Å². The van der Waals surface area contributed by atoms with E-state index >= 15 is 0 Å². The van der Waals surface area contributed by atoms with Crippen LogP contribution in [0.4, 0.5) is 0 Å². The third kappa shape index (κ3) is 3.47. The summed E-state index contributed by atoms with van der Waals surface area (Å²) in [5, 5.41) is 19.2. The maximum absolute atomic E-state index is 9.89. The van der Waals surface area contributed by atoms with Gasteiger partial charge >= 0.3 is 0 Å². The lowest BCUT2D eigenvalue weighted by molar-refractivity contribution is 0.232. The van der Waals surface area contributed by atoms with Gasteiger partial charge in [0.15, 0.2) is 11.5 Å². The lowest BCUT2D eigenvalue weighted by atomic mass is 10.0. The first kappa shape index (κ1) is 14.5. The molecule has 0 aliphatic rings. The maximum atomic E-state index is 9.89. The first-order chi connectivity index (χ1) is 8.63. The number of para-hydroxylation sites is 1. The highest BCUT2D eigenvalue weighted by atomic mass is 16.5. The molecule has 0 spiro atoms. The van der Waals surface area contributed by atoms with Crippen molar-refractivity contribution in [1.29, 1.82) is 0 Å². The Hall–Kier alpha value is -1.55. The summed E-state index contributed by atoms with van der Waals surface area (Å²) in [5.74, 6) is 0.798. The van der Waals surface area contributed by atoms with Crippen molar-refractivity contribution in [2.45, 2.75) is 26.3 Å². The molecule has 0 heterocycles. The highest BCUT2D eigenvalue weighted by Crippen LogP contribution is 2.28. The zero-order valence-corrected chi connectivity index (χ0v) is 11.1. The quantitative estimate of drug-likeness (QED) is 0.762. The van der Waals surface area contributed by atoms with Crippen LogP contribution in [0.15, 0.2) is 23.2 Å². The summed E-state index contributed by atoms with van der Waals surface area (Å²) >= 11 is 0. The molecule has 0 aliphatic carbocycles. The number of hydrogen-bond acceptors (Lipinski definition) is 4. The fourth-order valence-corrected chi connectivity index (χ4v) is 1.63. The molecule has 2 atom stereocenters. The first-order valence-electron chi connectivity index (χ1n) is 6.14. The average molecular weight is 251 g/mol. The molecule has 1 aromatic rings. The van der Waals surface area contributed by atoms with Crippen molar-refractivity contribution in [3.05, 3.63) is 23.8 Å². The van der Waals surface area contributed by atoms with E-state index in [1.165, 1.54) is 7.11 Å². The van der Waals surface area contributed by atoms with Gasteiger partial charge in [0.2, 0.25) is 0 Å². The van der Waals surface area contributed by atoms with Gasteiger partial charge in [0.25, 0.3) is 0 Å². The molecular weight excluding hydrogens is 230 g/mol. The number of aliphatic hydroxyl groups excluding tert-OH is 1. The highest BCUT2D eigenvalue weighted by Gasteiger charge is 2.13. The number of aliphatic imine (C=N–C) groups is 1. The number of phenols is 1. The molecule has 2 unspecified atom stereocenters. The Bertz CT molecular complexity index is 404. The Morgan fingerprint density at radius 1 is 1.44 bits per heavy atom. The van der Waals surface area contributed by atoms with E-state index in [1.54, 1.807) is 24.4 Å². The molecule has 0 radical (unpaired) electrons. The van der Waals surface area contributed by atoms with Crippen LogP contribution < -0.4 is 4.74 Å². The van der Waals surface area contributed by atoms with Gasteiger partial charge in [-0.05, 0) is 18.1 Å². The Kier molecular flexibility index (Phi) is 5.65. The van der Waals surface area contributed by atoms with Crippen molar-refractivity contribution in [1.82, 2.24) is 0 Å². The van der Waals surface area contributed by atoms with E-state index < -0.39 is 0 Å². The second-order valence-electron chi connectivity index (χ2n) is 4.31. The van der Waals surface area contributed by atoms with Crippen molar-refractivity contribution < 1.29 is 14.9 Å². The highest BCUT2D eigenvalue weighted by molar-refractivity contribution is 5.84. The number of benzene rings is 1. The van der Waals surface area contributed by atoms with E-state index in [0.29, 0.717) is 17.2 Å². The fraction of sp³-hybridized carbons (Fsp3) is 0.500. The van der Waals surface area contributed by atoms with Gasteiger partial charge in [-0.15, -0.1) is 0 Å². The standard InChI is InChI=1S/C14H21NO3/c1-4-10(2)12(9-16)15-8-11-6-5-7-13(18-3)14(11)17/h5-8,10,12,16-17H,4,9H2,1-3H3. The molecule has 0 fully saturated rings. The number of rotatable bonds is 6. The Morgan fingerprint density at radius 2 is 2.17 bits per heavy atom. The first-order valence-corrected chi connectivity index (χ1v) is 6.14. The molecule has 100 valence electrons. The molecule has 0 saturated heterocycles. The maximum Gasteiger partial charge on any atom is 0.166 e. The van der Waals surface area contributed by atoms with Gasteiger partial charge in [0.05, 0.1) is 19.8 Å². The second kappa shape index (κ2) is 7.01. The molecule has 0 bridgehead atoms. The number of aliphatic hydroxyl groups is 1. The van der Waals surface area contributed by atoms with E-state index in [4.69, 9.17) is 4.74 Å². The Balaban J connectivity index is 2.89. The van der Waals surface area contributed by atoms with Gasteiger partial charge in [-0.2, -0.15) is 0 Å². The summed E-state index contributed by atoms with van der Waals surface area (Å²) < 4.78 is 5.03. The van der Waals surface area contributed by atoms with Crippen LogP contribution in [0.1, 0.15) is 25.8 Å². The predicted octanol–water partition coefficient (Wildman–Crippen LogP) is 2.23. The van der Waals surface area contributed by atoms with Crippen molar-refractivity contribution in [3.63, 3.8) is 0 Å². The van der Waals surface area contributed by atoms with Crippen LogP contribution in [0.2, 0.25) is 0 Å². The van der Waals surface area contributed by atoms with Crippen LogP contribution in [0.5, 0.6) is 11.5 Å². The molecule has 1 aromatic carbocycles. The van der Waals surface area contributed by atoms with E-state index in [0.717, 1.165) is 6.42 Å². The molecule has 4 nitrogen and oxygen atoms in total. The van der Waals surface area contributed by atoms with Gasteiger partial charge in [-0.25, -0.2) is 0 Å². The van der Waals surface area contributed by atoms with Crippen molar-refractivity contribution in [3.8, 4) is 11.5 Å². The van der Waals surface area contributed by atoms with Crippen molar-refractivity contribution >= 4 is 6.21 Å². The van der Waals surface area contributed by atoms with Crippen molar-refractivity contribution in [2.24, 2.45) is 10.9 Å². The van der Waals surface area contributed by atoms with Crippen LogP contribution >= 0.6 is 0 Å². The summed E-state index contributed by atoms with van der Waals surface area (Å²) in [6, 6.07) is 5.09. The molecule has 0 saturated carbocycles. The number of aromatic hydroxyl groups is 1. The molecular formula is C14H21NO3. The number of nitrogens with zero attached hydrogens (tertiary/aromatic N) is 1. The van der Waals surface area contributed by atoms with Gasteiger partial charge in [-0.3, -0.25) is 4.99 Å². The zero-order valence-electron chi connectivity index (χ0n) is 11.1. The summed E-state index contributed by atoms with van der Waals surface area (Å²) in [5.41, 5.74) is 0.594. The van der Waals surface area contributed by atoms with Crippen LogP contribution in [0.3, 0.4) is 0 Å². The number of hydrogen-bond donors (Lipinski definition) is 2. The molecule has 0 aliphatic heterocycles. The third-order valence-electron chi connectivity index (χ3n) is 3.14. The van der Waals surface area contributed by atoms with Crippen LogP contribution in [0.25, 0.3) is 0 Å². The summed E-state index contributed by atoms with van der Waals surface area (Å²) in [6.45, 7) is 4.12. The number of methoxy groups -OCH3 is 1. The van der Waals surface area contributed by atoms with E-state index in [-0.39, 0.29) is 18.4 Å². The molecule has 0 aromatic heterocycles. The second-order valence-corrected chi connectivity index (χ2v) is 4.31. The minimum Gasteiger partial charge on any atom is -0.504 e. The molecule has 4 heteroatoms. The third-order valence-corrected chi connectivity index (χ3v) is 3.14. The van der Waals surface area contributed by atoms with Gasteiger partial charge in [-0.1, -0.05) is 26.3 Å². The number of phenolic OH excluding ortho intramolecular Hbond substituents is 1. The summed E-state index contributed by atoms with van der Waals surface area (Å²) in [7, 11) is 1.51. The predicted molar refractivity (Wildman–Crippen MR) is 72.6 cm³/mol. The molecule has 18 heavy (non-hydrogen) atoms. The monoisotopic (exact) mass is 251 g/mol. The van der Waals surface area contributed by atoms with Crippen LogP contribution in [-0.4, -0.2) is 36.2 Å². The zero-order chi connectivity index (χ0) is 13.5. The SMILES string of the molecule is CCC(C)C(CO)N=Cc1cccc(OC)c1O. The Labute approximate surface area is 108 Å². The molecule has 0 amide bonds. The number of ether oxygens (including phenoxy) is 1. The minimum absolute atomic E-state index is 0.0102. The Morgan fingerprint density at radius 3 is 2.72 bits per heavy atom. The topological polar surface area (TPSA) is 62.1 Å². The fourth-order valence-electron chi connectivity index (χ4n) is 1.63. The lowest BCUT2D eigenvalue weighted by Gasteiger charge is -2.16.